The molecule has 1 amide bonds. The van der Waals surface area contributed by atoms with Gasteiger partial charge in [-0.3, -0.25) is 4.79 Å². The van der Waals surface area contributed by atoms with E-state index < -0.39 is 0 Å². The minimum atomic E-state index is -0.1000. The molecule has 0 saturated carbocycles. The van der Waals surface area contributed by atoms with Gasteiger partial charge in [-0.05, 0) is 39.1 Å². The molecule has 0 aliphatic carbocycles. The molecular weight excluding hydrogens is 298 g/mol. The van der Waals surface area contributed by atoms with Gasteiger partial charge in [-0.2, -0.15) is 0 Å². The van der Waals surface area contributed by atoms with Crippen LogP contribution in [0.2, 0.25) is 0 Å². The molecule has 22 heavy (non-hydrogen) atoms. The number of aryl methyl sites for hydroxylation is 1. The Bertz CT molecular complexity index is 627. The van der Waals surface area contributed by atoms with Crippen molar-refractivity contribution in [3.05, 3.63) is 45.9 Å². The molecule has 1 aromatic carbocycles. The lowest BCUT2D eigenvalue weighted by atomic mass is 10.2. The predicted molar refractivity (Wildman–Crippen MR) is 88.5 cm³/mol. The second-order valence-corrected chi connectivity index (χ2v) is 6.14. The predicted octanol–water partition coefficient (Wildman–Crippen LogP) is 2.37. The highest BCUT2D eigenvalue weighted by Crippen LogP contribution is 2.16. The van der Waals surface area contributed by atoms with Gasteiger partial charge in [0.1, 0.15) is 12.4 Å². The van der Waals surface area contributed by atoms with E-state index in [0.717, 1.165) is 10.7 Å². The van der Waals surface area contributed by atoms with Gasteiger partial charge < -0.3 is 15.4 Å². The molecule has 0 aliphatic rings. The fourth-order valence-corrected chi connectivity index (χ4v) is 2.41. The number of likely N-dealkylation sites (N-methyl/N-ethyl adjacent to an activating group) is 1. The number of hydrogen-bond acceptors (Lipinski definition) is 5. The summed E-state index contributed by atoms with van der Waals surface area (Å²) in [6, 6.07) is 7.42. The molecular formula is C16H21N3O2S. The highest BCUT2D eigenvalue weighted by Gasteiger charge is 2.08. The van der Waals surface area contributed by atoms with E-state index in [-0.39, 0.29) is 11.9 Å². The zero-order chi connectivity index (χ0) is 15.9. The molecule has 2 aromatic rings. The minimum absolute atomic E-state index is 0.1000. The summed E-state index contributed by atoms with van der Waals surface area (Å²) in [5.74, 6) is 0.567. The van der Waals surface area contributed by atoms with Crippen LogP contribution in [0.4, 0.5) is 0 Å². The van der Waals surface area contributed by atoms with Crippen molar-refractivity contribution in [2.75, 3.05) is 13.6 Å². The Morgan fingerprint density at radius 2 is 2.27 bits per heavy atom. The van der Waals surface area contributed by atoms with Crippen LogP contribution in [0.15, 0.2) is 29.6 Å². The molecule has 1 heterocycles. The average molecular weight is 319 g/mol. The smallest absolute Gasteiger partial charge is 0.251 e. The van der Waals surface area contributed by atoms with Crippen molar-refractivity contribution >= 4 is 17.2 Å². The summed E-state index contributed by atoms with van der Waals surface area (Å²) in [7, 11) is 1.87. The number of nitrogens with zero attached hydrogens (tertiary/aromatic N) is 1. The first kappa shape index (κ1) is 16.5. The van der Waals surface area contributed by atoms with Gasteiger partial charge in [0.05, 0.1) is 10.7 Å². The minimum Gasteiger partial charge on any atom is -0.487 e. The van der Waals surface area contributed by atoms with Crippen LogP contribution in [0.1, 0.15) is 28.0 Å². The van der Waals surface area contributed by atoms with E-state index in [9.17, 15) is 4.79 Å². The lowest BCUT2D eigenvalue weighted by Gasteiger charge is -2.12. The third-order valence-electron chi connectivity index (χ3n) is 3.21. The Labute approximate surface area is 134 Å². The van der Waals surface area contributed by atoms with Gasteiger partial charge in [0, 0.05) is 23.5 Å². The van der Waals surface area contributed by atoms with Gasteiger partial charge in [-0.25, -0.2) is 4.98 Å². The van der Waals surface area contributed by atoms with Crippen molar-refractivity contribution in [3.63, 3.8) is 0 Å². The summed E-state index contributed by atoms with van der Waals surface area (Å²) in [6.07, 6.45) is 0. The van der Waals surface area contributed by atoms with E-state index >= 15 is 0 Å². The van der Waals surface area contributed by atoms with Crippen molar-refractivity contribution in [2.24, 2.45) is 0 Å². The molecule has 0 radical (unpaired) electrons. The Hall–Kier alpha value is -1.92. The molecule has 0 bridgehead atoms. The van der Waals surface area contributed by atoms with E-state index in [1.807, 2.05) is 38.4 Å². The highest BCUT2D eigenvalue weighted by molar-refractivity contribution is 7.09. The Balaban J connectivity index is 1.92. The number of thiazole rings is 1. The molecule has 1 aromatic heterocycles. The molecule has 2 rings (SSSR count). The molecule has 5 nitrogen and oxygen atoms in total. The molecule has 118 valence electrons. The Kier molecular flexibility index (Phi) is 5.91. The standard InChI is InChI=1S/C16H21N3O2S/c1-11(17-3)8-18-16(20)13-5-4-6-15(7-13)21-9-14-10-22-12(2)19-14/h4-7,10-11,17H,8-9H2,1-3H3,(H,18,20). The topological polar surface area (TPSA) is 63.2 Å². The van der Waals surface area contributed by atoms with E-state index in [0.29, 0.717) is 24.5 Å². The van der Waals surface area contributed by atoms with Crippen LogP contribution in [-0.2, 0) is 6.61 Å². The highest BCUT2D eigenvalue weighted by atomic mass is 32.1. The first-order valence-electron chi connectivity index (χ1n) is 7.18. The van der Waals surface area contributed by atoms with Crippen LogP contribution in [0.3, 0.4) is 0 Å². The van der Waals surface area contributed by atoms with Crippen LogP contribution in [0, 0.1) is 6.92 Å². The van der Waals surface area contributed by atoms with Gasteiger partial charge in [-0.1, -0.05) is 6.07 Å². The Morgan fingerprint density at radius 1 is 1.45 bits per heavy atom. The van der Waals surface area contributed by atoms with Crippen LogP contribution >= 0.6 is 11.3 Å². The largest absolute Gasteiger partial charge is 0.487 e. The molecule has 0 saturated heterocycles. The molecule has 1 atom stereocenters. The maximum absolute atomic E-state index is 12.1. The quantitative estimate of drug-likeness (QED) is 0.822. The maximum atomic E-state index is 12.1. The summed E-state index contributed by atoms with van der Waals surface area (Å²) >= 11 is 1.60. The third kappa shape index (κ3) is 4.82. The number of rotatable bonds is 7. The first-order chi connectivity index (χ1) is 10.6. The van der Waals surface area contributed by atoms with Crippen molar-refractivity contribution in [3.8, 4) is 5.75 Å². The average Bonchev–Trinajstić information content (AvgIpc) is 2.96. The second kappa shape index (κ2) is 7.91. The van der Waals surface area contributed by atoms with E-state index in [2.05, 4.69) is 15.6 Å². The number of benzene rings is 1. The van der Waals surface area contributed by atoms with Gasteiger partial charge >= 0.3 is 0 Å². The van der Waals surface area contributed by atoms with E-state index in [1.54, 1.807) is 23.5 Å². The molecule has 2 N–H and O–H groups in total. The monoisotopic (exact) mass is 319 g/mol. The third-order valence-corrected chi connectivity index (χ3v) is 4.03. The van der Waals surface area contributed by atoms with Crippen LogP contribution in [0.25, 0.3) is 0 Å². The molecule has 0 aliphatic heterocycles. The van der Waals surface area contributed by atoms with Crippen molar-refractivity contribution in [1.82, 2.24) is 15.6 Å². The summed E-state index contributed by atoms with van der Waals surface area (Å²) < 4.78 is 5.69. The number of hydrogen-bond donors (Lipinski definition) is 2. The lowest BCUT2D eigenvalue weighted by Crippen LogP contribution is -2.37. The number of ether oxygens (including phenoxy) is 1. The molecule has 0 fully saturated rings. The van der Waals surface area contributed by atoms with Crippen molar-refractivity contribution < 1.29 is 9.53 Å². The molecule has 1 unspecified atom stereocenters. The summed E-state index contributed by atoms with van der Waals surface area (Å²) in [5.41, 5.74) is 1.50. The first-order valence-corrected chi connectivity index (χ1v) is 8.06. The lowest BCUT2D eigenvalue weighted by molar-refractivity contribution is 0.0950. The number of carbonyl (C=O) groups excluding carboxylic acids is 1. The number of aromatic nitrogens is 1. The Morgan fingerprint density at radius 3 is 2.95 bits per heavy atom. The zero-order valence-electron chi connectivity index (χ0n) is 13.1. The number of carbonyl (C=O) groups is 1. The fraction of sp³-hybridized carbons (Fsp3) is 0.375. The van der Waals surface area contributed by atoms with Crippen molar-refractivity contribution in [1.29, 1.82) is 0 Å². The fourth-order valence-electron chi connectivity index (χ4n) is 1.81. The zero-order valence-corrected chi connectivity index (χ0v) is 13.9. The maximum Gasteiger partial charge on any atom is 0.251 e. The van der Waals surface area contributed by atoms with Gasteiger partial charge in [0.2, 0.25) is 0 Å². The SMILES string of the molecule is CNC(C)CNC(=O)c1cccc(OCc2csc(C)n2)c1. The van der Waals surface area contributed by atoms with Gasteiger partial charge in [-0.15, -0.1) is 11.3 Å². The van der Waals surface area contributed by atoms with Crippen LogP contribution < -0.4 is 15.4 Å². The normalized spacial score (nSPS) is 12.0. The molecule has 0 spiro atoms. The van der Waals surface area contributed by atoms with E-state index in [4.69, 9.17) is 4.74 Å². The summed E-state index contributed by atoms with van der Waals surface area (Å²) in [4.78, 5) is 16.4. The van der Waals surface area contributed by atoms with Crippen LogP contribution in [0.5, 0.6) is 5.75 Å². The second-order valence-electron chi connectivity index (χ2n) is 5.07. The van der Waals surface area contributed by atoms with Crippen LogP contribution in [-0.4, -0.2) is 30.5 Å². The summed E-state index contributed by atoms with van der Waals surface area (Å²) in [5, 5.41) is 8.96. The molecule has 6 heteroatoms. The van der Waals surface area contributed by atoms with Gasteiger partial charge in [0.15, 0.2) is 0 Å². The summed E-state index contributed by atoms with van der Waals surface area (Å²) in [6.45, 7) is 4.96. The van der Waals surface area contributed by atoms with Gasteiger partial charge in [0.25, 0.3) is 5.91 Å². The van der Waals surface area contributed by atoms with E-state index in [1.165, 1.54) is 0 Å². The number of amides is 1. The van der Waals surface area contributed by atoms with Crippen molar-refractivity contribution in [2.45, 2.75) is 26.5 Å². The number of nitrogens with one attached hydrogen (secondary N) is 2.